The molecule has 0 aromatic heterocycles. The minimum Gasteiger partial charge on any atom is -0.497 e. The molecule has 0 radical (unpaired) electrons. The monoisotopic (exact) mass is 392 g/mol. The molecule has 1 heterocycles. The molecular formula is C24H28N2O3. The maximum absolute atomic E-state index is 10.5. The van der Waals surface area contributed by atoms with E-state index < -0.39 is 6.10 Å². The van der Waals surface area contributed by atoms with Crippen LogP contribution >= 0.6 is 0 Å². The Balaban J connectivity index is 1.26. The standard InChI is InChI=1S/C24H28N2O3/c1-28-22-11-9-20(10-12-22)26-15-13-25(14-16-26)17-21(27)18-29-24-8-4-6-19-5-2-3-7-23(19)24/h2-12,21,27H,13-18H2,1H3/t21-/m0/s1. The Morgan fingerprint density at radius 2 is 1.62 bits per heavy atom. The van der Waals surface area contributed by atoms with Crippen molar-refractivity contribution >= 4 is 16.5 Å². The second-order valence-electron chi connectivity index (χ2n) is 7.43. The van der Waals surface area contributed by atoms with Crippen LogP contribution in [0.15, 0.2) is 66.7 Å². The highest BCUT2D eigenvalue weighted by molar-refractivity contribution is 5.88. The number of rotatable bonds is 7. The second kappa shape index (κ2) is 9.16. The first-order chi connectivity index (χ1) is 14.2. The topological polar surface area (TPSA) is 45.2 Å². The third kappa shape index (κ3) is 4.81. The fraction of sp³-hybridized carbons (Fsp3) is 0.333. The third-order valence-electron chi connectivity index (χ3n) is 5.46. The van der Waals surface area contributed by atoms with Crippen molar-refractivity contribution in [1.29, 1.82) is 0 Å². The van der Waals surface area contributed by atoms with Crippen LogP contribution in [0.5, 0.6) is 11.5 Å². The number of hydrogen-bond acceptors (Lipinski definition) is 5. The first-order valence-electron chi connectivity index (χ1n) is 10.1. The molecule has 1 aliphatic heterocycles. The number of benzene rings is 3. The van der Waals surface area contributed by atoms with Crippen molar-refractivity contribution in [3.63, 3.8) is 0 Å². The number of anilines is 1. The van der Waals surface area contributed by atoms with Gasteiger partial charge in [-0.3, -0.25) is 4.90 Å². The molecule has 1 fully saturated rings. The van der Waals surface area contributed by atoms with Gasteiger partial charge in [-0.2, -0.15) is 0 Å². The lowest BCUT2D eigenvalue weighted by atomic mass is 10.1. The number of fused-ring (bicyclic) bond motifs is 1. The largest absolute Gasteiger partial charge is 0.497 e. The molecular weight excluding hydrogens is 364 g/mol. The maximum Gasteiger partial charge on any atom is 0.127 e. The molecule has 4 rings (SSSR count). The first-order valence-corrected chi connectivity index (χ1v) is 10.1. The lowest BCUT2D eigenvalue weighted by Crippen LogP contribution is -2.49. The van der Waals surface area contributed by atoms with E-state index in [0.29, 0.717) is 13.2 Å². The summed E-state index contributed by atoms with van der Waals surface area (Å²) in [6, 6.07) is 22.4. The zero-order valence-corrected chi connectivity index (χ0v) is 16.8. The average Bonchev–Trinajstić information content (AvgIpc) is 2.78. The highest BCUT2D eigenvalue weighted by atomic mass is 16.5. The van der Waals surface area contributed by atoms with Gasteiger partial charge in [0.05, 0.1) is 7.11 Å². The summed E-state index contributed by atoms with van der Waals surface area (Å²) >= 11 is 0. The van der Waals surface area contributed by atoms with Gasteiger partial charge in [0, 0.05) is 43.8 Å². The number of ether oxygens (including phenoxy) is 2. The van der Waals surface area contributed by atoms with E-state index in [4.69, 9.17) is 9.47 Å². The van der Waals surface area contributed by atoms with Crippen molar-refractivity contribution in [1.82, 2.24) is 4.90 Å². The van der Waals surface area contributed by atoms with Gasteiger partial charge in [0.25, 0.3) is 0 Å². The summed E-state index contributed by atoms with van der Waals surface area (Å²) in [5, 5.41) is 12.7. The zero-order valence-electron chi connectivity index (χ0n) is 16.8. The summed E-state index contributed by atoms with van der Waals surface area (Å²) in [6.07, 6.45) is -0.512. The van der Waals surface area contributed by atoms with Crippen LogP contribution in [0.3, 0.4) is 0 Å². The summed E-state index contributed by atoms with van der Waals surface area (Å²) in [7, 11) is 1.68. The Morgan fingerprint density at radius 3 is 2.38 bits per heavy atom. The molecule has 5 nitrogen and oxygen atoms in total. The number of hydrogen-bond donors (Lipinski definition) is 1. The van der Waals surface area contributed by atoms with Gasteiger partial charge in [-0.05, 0) is 35.7 Å². The summed E-state index contributed by atoms with van der Waals surface area (Å²) < 4.78 is 11.2. The van der Waals surface area contributed by atoms with Crippen molar-refractivity contribution in [3.8, 4) is 11.5 Å². The highest BCUT2D eigenvalue weighted by Gasteiger charge is 2.20. The summed E-state index contributed by atoms with van der Waals surface area (Å²) in [6.45, 7) is 4.68. The predicted molar refractivity (Wildman–Crippen MR) is 117 cm³/mol. The normalized spacial score (nSPS) is 16.0. The van der Waals surface area contributed by atoms with Gasteiger partial charge in [-0.15, -0.1) is 0 Å². The molecule has 3 aromatic carbocycles. The number of piperazine rings is 1. The third-order valence-corrected chi connectivity index (χ3v) is 5.46. The van der Waals surface area contributed by atoms with Crippen LogP contribution in [0.4, 0.5) is 5.69 Å². The van der Waals surface area contributed by atoms with Crippen molar-refractivity contribution < 1.29 is 14.6 Å². The molecule has 1 atom stereocenters. The molecule has 0 bridgehead atoms. The Kier molecular flexibility index (Phi) is 6.17. The van der Waals surface area contributed by atoms with E-state index in [-0.39, 0.29) is 0 Å². The maximum atomic E-state index is 10.5. The number of aliphatic hydroxyl groups is 1. The van der Waals surface area contributed by atoms with Gasteiger partial charge >= 0.3 is 0 Å². The average molecular weight is 392 g/mol. The molecule has 29 heavy (non-hydrogen) atoms. The molecule has 0 aliphatic carbocycles. The molecule has 0 saturated carbocycles. The minimum absolute atomic E-state index is 0.298. The lowest BCUT2D eigenvalue weighted by Gasteiger charge is -2.36. The predicted octanol–water partition coefficient (Wildman–Crippen LogP) is 3.41. The SMILES string of the molecule is COc1ccc(N2CCN(C[C@H](O)COc3cccc4ccccc34)CC2)cc1. The highest BCUT2D eigenvalue weighted by Crippen LogP contribution is 2.25. The molecule has 1 aliphatic rings. The van der Waals surface area contributed by atoms with Crippen molar-refractivity contribution in [2.75, 3.05) is 51.3 Å². The summed E-state index contributed by atoms with van der Waals surface area (Å²) in [5.74, 6) is 1.70. The number of nitrogens with zero attached hydrogens (tertiary/aromatic N) is 2. The summed E-state index contributed by atoms with van der Waals surface area (Å²) in [5.41, 5.74) is 1.21. The molecule has 1 saturated heterocycles. The van der Waals surface area contributed by atoms with E-state index in [1.165, 1.54) is 5.69 Å². The van der Waals surface area contributed by atoms with Crippen LogP contribution in [0.25, 0.3) is 10.8 Å². The van der Waals surface area contributed by atoms with Crippen molar-refractivity contribution in [2.45, 2.75) is 6.10 Å². The van der Waals surface area contributed by atoms with Crippen LogP contribution in [0.2, 0.25) is 0 Å². The van der Waals surface area contributed by atoms with Gasteiger partial charge < -0.3 is 19.5 Å². The Bertz CT molecular complexity index is 916. The van der Waals surface area contributed by atoms with Gasteiger partial charge in [0.15, 0.2) is 0 Å². The van der Waals surface area contributed by atoms with Crippen LogP contribution in [-0.2, 0) is 0 Å². The second-order valence-corrected chi connectivity index (χ2v) is 7.43. The molecule has 3 aromatic rings. The van der Waals surface area contributed by atoms with Crippen molar-refractivity contribution in [2.24, 2.45) is 0 Å². The van der Waals surface area contributed by atoms with Crippen LogP contribution in [0.1, 0.15) is 0 Å². The molecule has 5 heteroatoms. The van der Waals surface area contributed by atoms with Crippen molar-refractivity contribution in [3.05, 3.63) is 66.7 Å². The van der Waals surface area contributed by atoms with Gasteiger partial charge in [-0.25, -0.2) is 0 Å². The van der Waals surface area contributed by atoms with E-state index in [2.05, 4.69) is 40.1 Å². The van der Waals surface area contributed by atoms with E-state index in [9.17, 15) is 5.11 Å². The summed E-state index contributed by atoms with van der Waals surface area (Å²) in [4.78, 5) is 4.67. The van der Waals surface area contributed by atoms with Crippen LogP contribution < -0.4 is 14.4 Å². The van der Waals surface area contributed by atoms with E-state index >= 15 is 0 Å². The molecule has 0 spiro atoms. The molecule has 1 N–H and O–H groups in total. The van der Waals surface area contributed by atoms with E-state index in [1.807, 2.05) is 36.4 Å². The molecule has 152 valence electrons. The minimum atomic E-state index is -0.512. The molecule has 0 amide bonds. The fourth-order valence-electron chi connectivity index (χ4n) is 3.84. The van der Waals surface area contributed by atoms with Crippen LogP contribution in [0, 0.1) is 0 Å². The fourth-order valence-corrected chi connectivity index (χ4v) is 3.84. The van der Waals surface area contributed by atoms with E-state index in [0.717, 1.165) is 48.5 Å². The zero-order chi connectivity index (χ0) is 20.1. The molecule has 0 unspecified atom stereocenters. The van der Waals surface area contributed by atoms with E-state index in [1.54, 1.807) is 7.11 Å². The Hall–Kier alpha value is -2.76. The van der Waals surface area contributed by atoms with Gasteiger partial charge in [0.2, 0.25) is 0 Å². The lowest BCUT2D eigenvalue weighted by molar-refractivity contribution is 0.0668. The van der Waals surface area contributed by atoms with Gasteiger partial charge in [-0.1, -0.05) is 36.4 Å². The smallest absolute Gasteiger partial charge is 0.127 e. The van der Waals surface area contributed by atoms with Gasteiger partial charge in [0.1, 0.15) is 24.2 Å². The first kappa shape index (κ1) is 19.6. The Morgan fingerprint density at radius 1 is 0.897 bits per heavy atom. The Labute approximate surface area is 172 Å². The number of methoxy groups -OCH3 is 1. The van der Waals surface area contributed by atoms with Crippen LogP contribution in [-0.4, -0.2) is 62.6 Å². The number of β-amino-alcohol motifs (C(OH)–C–C–N with tert-alkyl or cyclic N) is 1. The quantitative estimate of drug-likeness (QED) is 0.668. The number of aliphatic hydroxyl groups excluding tert-OH is 1.